The minimum atomic E-state index is 0.285. The summed E-state index contributed by atoms with van der Waals surface area (Å²) in [5.41, 5.74) is 10.5. The highest BCUT2D eigenvalue weighted by Gasteiger charge is 2.64. The molecule has 4 aromatic heterocycles. The summed E-state index contributed by atoms with van der Waals surface area (Å²) < 4.78 is 0. The highest BCUT2D eigenvalue weighted by atomic mass is 14.8. The lowest BCUT2D eigenvalue weighted by Gasteiger charge is -2.67. The normalized spacial score (nSPS) is 30.8. The molecule has 10 rings (SSSR count). The zero-order valence-corrected chi connectivity index (χ0v) is 22.6. The Morgan fingerprint density at radius 1 is 0.553 bits per heavy atom. The van der Waals surface area contributed by atoms with E-state index in [0.29, 0.717) is 35.5 Å². The molecule has 0 amide bonds. The maximum atomic E-state index is 4.96. The van der Waals surface area contributed by atoms with Gasteiger partial charge in [-0.25, -0.2) is 0 Å². The van der Waals surface area contributed by atoms with Crippen molar-refractivity contribution in [3.63, 3.8) is 0 Å². The third-order valence-electron chi connectivity index (χ3n) is 11.2. The highest BCUT2D eigenvalue weighted by molar-refractivity contribution is 5.61. The first kappa shape index (κ1) is 22.6. The van der Waals surface area contributed by atoms with Crippen LogP contribution in [0.5, 0.6) is 0 Å². The lowest BCUT2D eigenvalue weighted by Crippen LogP contribution is -2.57. The van der Waals surface area contributed by atoms with E-state index in [2.05, 4.69) is 86.5 Å². The number of nitrogens with zero attached hydrogens (tertiary/aromatic N) is 4. The molecule has 6 aliphatic carbocycles. The van der Waals surface area contributed by atoms with Crippen molar-refractivity contribution >= 4 is 0 Å². The molecular formula is C34H34N4. The van der Waals surface area contributed by atoms with Crippen LogP contribution in [-0.4, -0.2) is 19.9 Å². The molecule has 190 valence electrons. The standard InChI is InChI=1S/C34H34N4/c1-33(2)23-15-25(33)31(19-13-29(37-17-21(19)23)27-9-5-7-11-35-27)32-20-14-30(28-10-6-8-12-36-28)38-18-22(20)24-16-26(32)34(24,3)4/h5-14,17-18,23-26,31-32H,15-16H2,1-4H3/t23-,24-,25+,26+,31-,32-/m1/s1. The fraction of sp³-hybridized carbons (Fsp3) is 0.412. The molecule has 0 N–H and O–H groups in total. The summed E-state index contributed by atoms with van der Waals surface area (Å²) in [6.45, 7) is 10.00. The van der Waals surface area contributed by atoms with Gasteiger partial charge in [-0.15, -0.1) is 0 Å². The summed E-state index contributed by atoms with van der Waals surface area (Å²) in [6.07, 6.45) is 10.7. The van der Waals surface area contributed by atoms with Crippen molar-refractivity contribution in [2.75, 3.05) is 0 Å². The van der Waals surface area contributed by atoms with Crippen molar-refractivity contribution in [3.8, 4) is 22.8 Å². The van der Waals surface area contributed by atoms with Gasteiger partial charge in [0.05, 0.1) is 22.8 Å². The summed E-state index contributed by atoms with van der Waals surface area (Å²) in [5, 5.41) is 0. The predicted octanol–water partition coefficient (Wildman–Crippen LogP) is 7.75. The quantitative estimate of drug-likeness (QED) is 0.290. The van der Waals surface area contributed by atoms with Crippen molar-refractivity contribution < 1.29 is 0 Å². The molecule has 0 aliphatic heterocycles. The fourth-order valence-electron chi connectivity index (χ4n) is 8.95. The Balaban J connectivity index is 1.33. The van der Waals surface area contributed by atoms with Crippen LogP contribution in [0.1, 0.15) is 86.5 Å². The molecule has 4 heteroatoms. The minimum absolute atomic E-state index is 0.285. The molecule has 6 aliphatic rings. The summed E-state index contributed by atoms with van der Waals surface area (Å²) in [4.78, 5) is 19.2. The van der Waals surface area contributed by atoms with Gasteiger partial charge in [0.25, 0.3) is 0 Å². The van der Waals surface area contributed by atoms with Crippen molar-refractivity contribution in [2.24, 2.45) is 22.7 Å². The van der Waals surface area contributed by atoms with Gasteiger partial charge in [-0.2, -0.15) is 0 Å². The molecule has 4 bridgehead atoms. The van der Waals surface area contributed by atoms with Gasteiger partial charge < -0.3 is 0 Å². The fourth-order valence-corrected chi connectivity index (χ4v) is 8.95. The Hall–Kier alpha value is -3.40. The maximum Gasteiger partial charge on any atom is 0.0889 e. The predicted molar refractivity (Wildman–Crippen MR) is 150 cm³/mol. The zero-order valence-electron chi connectivity index (χ0n) is 22.6. The van der Waals surface area contributed by atoms with E-state index in [9.17, 15) is 0 Å². The van der Waals surface area contributed by atoms with E-state index in [4.69, 9.17) is 9.97 Å². The third-order valence-corrected chi connectivity index (χ3v) is 11.2. The van der Waals surface area contributed by atoms with E-state index in [1.54, 1.807) is 0 Å². The molecule has 4 aromatic rings. The largest absolute Gasteiger partial charge is 0.255 e. The molecule has 2 saturated carbocycles. The number of fused-ring (bicyclic) bond motifs is 1. The van der Waals surface area contributed by atoms with Crippen LogP contribution in [0.3, 0.4) is 0 Å². The number of hydrogen-bond acceptors (Lipinski definition) is 4. The summed E-state index contributed by atoms with van der Waals surface area (Å²) >= 11 is 0. The second-order valence-electron chi connectivity index (χ2n) is 13.3. The molecule has 38 heavy (non-hydrogen) atoms. The molecule has 2 fully saturated rings. The average Bonchev–Trinajstić information content (AvgIpc) is 2.95. The van der Waals surface area contributed by atoms with Gasteiger partial charge in [-0.1, -0.05) is 39.8 Å². The SMILES string of the molecule is CC1(C)[C@@H]2C[C@H]1[C@H]([C@@H]1c3cc(-c4ccccn4)ncc3[C@H]3C[C@@H]1C3(C)C)c1cc(-c3ccccn3)ncc12. The lowest BCUT2D eigenvalue weighted by atomic mass is 9.36. The topological polar surface area (TPSA) is 51.6 Å². The summed E-state index contributed by atoms with van der Waals surface area (Å²) in [6, 6.07) is 17.0. The highest BCUT2D eigenvalue weighted by Crippen LogP contribution is 2.75. The van der Waals surface area contributed by atoms with Gasteiger partial charge in [-0.3, -0.25) is 19.9 Å². The number of hydrogen-bond donors (Lipinski definition) is 0. The Labute approximate surface area is 225 Å². The number of pyridine rings is 4. The van der Waals surface area contributed by atoms with Crippen LogP contribution < -0.4 is 0 Å². The molecular weight excluding hydrogens is 464 g/mol. The summed E-state index contributed by atoms with van der Waals surface area (Å²) in [5.74, 6) is 3.46. The number of rotatable bonds is 3. The van der Waals surface area contributed by atoms with E-state index >= 15 is 0 Å². The van der Waals surface area contributed by atoms with Crippen LogP contribution in [-0.2, 0) is 0 Å². The summed E-state index contributed by atoms with van der Waals surface area (Å²) in [7, 11) is 0. The van der Waals surface area contributed by atoms with Gasteiger partial charge in [0, 0.05) is 24.8 Å². The smallest absolute Gasteiger partial charge is 0.0889 e. The molecule has 0 unspecified atom stereocenters. The second kappa shape index (κ2) is 7.59. The molecule has 0 spiro atoms. The molecule has 6 atom stereocenters. The lowest BCUT2D eigenvalue weighted by molar-refractivity contribution is -0.0648. The first-order valence-corrected chi connectivity index (χ1v) is 14.2. The van der Waals surface area contributed by atoms with E-state index in [1.165, 1.54) is 35.1 Å². The minimum Gasteiger partial charge on any atom is -0.255 e. The van der Waals surface area contributed by atoms with Crippen molar-refractivity contribution in [1.82, 2.24) is 19.9 Å². The first-order chi connectivity index (χ1) is 18.4. The Kier molecular flexibility index (Phi) is 4.51. The van der Waals surface area contributed by atoms with Crippen molar-refractivity contribution in [1.29, 1.82) is 0 Å². The molecule has 0 saturated heterocycles. The van der Waals surface area contributed by atoms with Crippen LogP contribution >= 0.6 is 0 Å². The number of aromatic nitrogens is 4. The van der Waals surface area contributed by atoms with E-state index in [1.807, 2.05) is 24.5 Å². The molecule has 0 radical (unpaired) electrons. The van der Waals surface area contributed by atoms with Gasteiger partial charge in [0.15, 0.2) is 0 Å². The van der Waals surface area contributed by atoms with Crippen LogP contribution in [0.4, 0.5) is 0 Å². The molecule has 0 aromatic carbocycles. The maximum absolute atomic E-state index is 4.96. The van der Waals surface area contributed by atoms with Gasteiger partial charge in [-0.05, 0) is 118 Å². The molecule has 4 heterocycles. The monoisotopic (exact) mass is 498 g/mol. The average molecular weight is 499 g/mol. The Morgan fingerprint density at radius 3 is 1.37 bits per heavy atom. The molecule has 4 nitrogen and oxygen atoms in total. The van der Waals surface area contributed by atoms with Gasteiger partial charge >= 0.3 is 0 Å². The van der Waals surface area contributed by atoms with Crippen molar-refractivity contribution in [3.05, 3.63) is 95.6 Å². The van der Waals surface area contributed by atoms with Crippen LogP contribution in [0.25, 0.3) is 22.8 Å². The van der Waals surface area contributed by atoms with Gasteiger partial charge in [0.2, 0.25) is 0 Å². The van der Waals surface area contributed by atoms with E-state index in [-0.39, 0.29) is 10.8 Å². The first-order valence-electron chi connectivity index (χ1n) is 14.2. The van der Waals surface area contributed by atoms with E-state index < -0.39 is 0 Å². The van der Waals surface area contributed by atoms with E-state index in [0.717, 1.165) is 22.8 Å². The van der Waals surface area contributed by atoms with Crippen LogP contribution in [0.15, 0.2) is 73.3 Å². The van der Waals surface area contributed by atoms with Gasteiger partial charge in [0.1, 0.15) is 0 Å². The van der Waals surface area contributed by atoms with Crippen LogP contribution in [0, 0.1) is 22.7 Å². The Morgan fingerprint density at radius 2 is 1.00 bits per heavy atom. The van der Waals surface area contributed by atoms with Crippen LogP contribution in [0.2, 0.25) is 0 Å². The zero-order chi connectivity index (χ0) is 25.8. The second-order valence-corrected chi connectivity index (χ2v) is 13.3. The van der Waals surface area contributed by atoms with Crippen molar-refractivity contribution in [2.45, 2.75) is 64.2 Å². The third kappa shape index (κ3) is 2.86. The Bertz CT molecular complexity index is 1440.